The summed E-state index contributed by atoms with van der Waals surface area (Å²) < 4.78 is 1.78. The maximum atomic E-state index is 5.73. The fraction of sp³-hybridized carbons (Fsp3) is 0.500. The normalized spacial score (nSPS) is 16.6. The zero-order valence-corrected chi connectivity index (χ0v) is 11.7. The lowest BCUT2D eigenvalue weighted by molar-refractivity contribution is 0.411. The molecule has 1 aliphatic heterocycles. The number of nitrogens with two attached hydrogens (primary N) is 1. The van der Waals surface area contributed by atoms with Crippen molar-refractivity contribution in [1.29, 1.82) is 0 Å². The smallest absolute Gasteiger partial charge is 0.225 e. The quantitative estimate of drug-likeness (QED) is 0.904. The average Bonchev–Trinajstić information content (AvgIpc) is 2.94. The van der Waals surface area contributed by atoms with Gasteiger partial charge in [-0.1, -0.05) is 0 Å². The van der Waals surface area contributed by atoms with E-state index in [4.69, 9.17) is 5.73 Å². The van der Waals surface area contributed by atoms with Crippen LogP contribution in [-0.4, -0.2) is 39.4 Å². The lowest BCUT2D eigenvalue weighted by Gasteiger charge is -2.31. The van der Waals surface area contributed by atoms with Crippen LogP contribution >= 0.6 is 0 Å². The van der Waals surface area contributed by atoms with Crippen LogP contribution in [0.2, 0.25) is 0 Å². The Labute approximate surface area is 118 Å². The minimum atomic E-state index is 0.646. The summed E-state index contributed by atoms with van der Waals surface area (Å²) in [7, 11) is 1.91. The van der Waals surface area contributed by atoms with Gasteiger partial charge in [0.25, 0.3) is 0 Å². The largest absolute Gasteiger partial charge is 0.341 e. The van der Waals surface area contributed by atoms with Gasteiger partial charge in [-0.3, -0.25) is 4.68 Å². The van der Waals surface area contributed by atoms with Crippen molar-refractivity contribution in [2.75, 3.05) is 24.5 Å². The zero-order valence-electron chi connectivity index (χ0n) is 11.7. The first kappa shape index (κ1) is 13.1. The van der Waals surface area contributed by atoms with Crippen molar-refractivity contribution in [2.24, 2.45) is 18.7 Å². The molecular weight excluding hydrogens is 252 g/mol. The number of aryl methyl sites for hydroxylation is 1. The first-order valence-corrected chi connectivity index (χ1v) is 7.03. The van der Waals surface area contributed by atoms with Gasteiger partial charge in [0.05, 0.1) is 11.9 Å². The summed E-state index contributed by atoms with van der Waals surface area (Å²) in [4.78, 5) is 11.3. The molecule has 0 unspecified atom stereocenters. The summed E-state index contributed by atoms with van der Waals surface area (Å²) in [5.41, 5.74) is 7.67. The molecule has 20 heavy (non-hydrogen) atoms. The van der Waals surface area contributed by atoms with Gasteiger partial charge >= 0.3 is 0 Å². The highest BCUT2D eigenvalue weighted by Gasteiger charge is 2.20. The number of hydrogen-bond donors (Lipinski definition) is 1. The summed E-state index contributed by atoms with van der Waals surface area (Å²) in [6.07, 6.45) is 7.85. The van der Waals surface area contributed by atoms with Crippen molar-refractivity contribution < 1.29 is 0 Å². The van der Waals surface area contributed by atoms with E-state index in [9.17, 15) is 0 Å². The van der Waals surface area contributed by atoms with Crippen LogP contribution in [0.25, 0.3) is 11.3 Å². The summed E-state index contributed by atoms with van der Waals surface area (Å²) >= 11 is 0. The summed E-state index contributed by atoms with van der Waals surface area (Å²) in [5, 5.41) is 4.18. The van der Waals surface area contributed by atoms with Crippen LogP contribution in [0.5, 0.6) is 0 Å². The monoisotopic (exact) mass is 272 g/mol. The predicted octanol–water partition coefficient (Wildman–Crippen LogP) is 1.05. The Kier molecular flexibility index (Phi) is 3.64. The Hall–Kier alpha value is -1.95. The molecule has 3 heterocycles. The topological polar surface area (TPSA) is 72.9 Å². The van der Waals surface area contributed by atoms with Crippen LogP contribution in [-0.2, 0) is 7.05 Å². The number of piperidine rings is 1. The highest BCUT2D eigenvalue weighted by Crippen LogP contribution is 2.22. The molecule has 0 saturated carbocycles. The molecule has 0 amide bonds. The Morgan fingerprint density at radius 3 is 2.80 bits per heavy atom. The molecule has 2 aromatic rings. The van der Waals surface area contributed by atoms with Crippen LogP contribution in [0.15, 0.2) is 24.7 Å². The zero-order chi connectivity index (χ0) is 13.9. The molecule has 0 bridgehead atoms. The molecule has 0 spiro atoms. The fourth-order valence-electron chi connectivity index (χ4n) is 2.58. The van der Waals surface area contributed by atoms with Gasteiger partial charge in [0, 0.05) is 38.1 Å². The van der Waals surface area contributed by atoms with Crippen LogP contribution in [0, 0.1) is 5.92 Å². The molecule has 1 saturated heterocycles. The van der Waals surface area contributed by atoms with E-state index in [-0.39, 0.29) is 0 Å². The molecule has 0 aromatic carbocycles. The standard InChI is InChI=1S/C14H20N6/c1-19-10-12(9-17-19)13-2-5-16-14(18-13)20-6-3-11(8-15)4-7-20/h2,5,9-11H,3-4,6-8,15H2,1H3. The van der Waals surface area contributed by atoms with E-state index in [1.165, 1.54) is 0 Å². The van der Waals surface area contributed by atoms with Gasteiger partial charge in [0.2, 0.25) is 5.95 Å². The Morgan fingerprint density at radius 1 is 1.35 bits per heavy atom. The van der Waals surface area contributed by atoms with E-state index < -0.39 is 0 Å². The third kappa shape index (κ3) is 2.65. The third-order valence-electron chi connectivity index (χ3n) is 3.87. The van der Waals surface area contributed by atoms with Crippen molar-refractivity contribution in [3.63, 3.8) is 0 Å². The highest BCUT2D eigenvalue weighted by molar-refractivity contribution is 5.58. The second kappa shape index (κ2) is 5.58. The Balaban J connectivity index is 1.78. The van der Waals surface area contributed by atoms with Crippen LogP contribution in [0.3, 0.4) is 0 Å². The molecule has 6 heteroatoms. The number of hydrogen-bond acceptors (Lipinski definition) is 5. The van der Waals surface area contributed by atoms with Crippen molar-refractivity contribution in [3.05, 3.63) is 24.7 Å². The second-order valence-corrected chi connectivity index (χ2v) is 5.31. The number of nitrogens with zero attached hydrogens (tertiary/aromatic N) is 5. The first-order chi connectivity index (χ1) is 9.76. The molecule has 106 valence electrons. The van der Waals surface area contributed by atoms with E-state index in [0.29, 0.717) is 5.92 Å². The van der Waals surface area contributed by atoms with Crippen molar-refractivity contribution in [1.82, 2.24) is 19.7 Å². The van der Waals surface area contributed by atoms with Crippen LogP contribution in [0.1, 0.15) is 12.8 Å². The minimum Gasteiger partial charge on any atom is -0.341 e. The van der Waals surface area contributed by atoms with Gasteiger partial charge in [-0.15, -0.1) is 0 Å². The molecule has 0 radical (unpaired) electrons. The van der Waals surface area contributed by atoms with Crippen LogP contribution in [0.4, 0.5) is 5.95 Å². The maximum Gasteiger partial charge on any atom is 0.225 e. The van der Waals surface area contributed by atoms with Crippen molar-refractivity contribution >= 4 is 5.95 Å². The summed E-state index contributed by atoms with van der Waals surface area (Å²) in [5.74, 6) is 1.45. The number of rotatable bonds is 3. The molecule has 0 atom stereocenters. The van der Waals surface area contributed by atoms with E-state index in [1.807, 2.05) is 31.7 Å². The predicted molar refractivity (Wildman–Crippen MR) is 78.2 cm³/mol. The van der Waals surface area contributed by atoms with Gasteiger partial charge in [-0.2, -0.15) is 5.10 Å². The Bertz CT molecular complexity index is 571. The molecule has 1 fully saturated rings. The van der Waals surface area contributed by atoms with Crippen molar-refractivity contribution in [2.45, 2.75) is 12.8 Å². The molecule has 0 aliphatic carbocycles. The maximum absolute atomic E-state index is 5.73. The lowest BCUT2D eigenvalue weighted by Crippen LogP contribution is -2.37. The van der Waals surface area contributed by atoms with Gasteiger partial charge in [-0.05, 0) is 31.4 Å². The minimum absolute atomic E-state index is 0.646. The third-order valence-corrected chi connectivity index (χ3v) is 3.87. The average molecular weight is 272 g/mol. The molecule has 2 aromatic heterocycles. The van der Waals surface area contributed by atoms with E-state index in [1.54, 1.807) is 4.68 Å². The van der Waals surface area contributed by atoms with E-state index in [0.717, 1.165) is 49.7 Å². The number of anilines is 1. The molecular formula is C14H20N6. The first-order valence-electron chi connectivity index (χ1n) is 7.03. The van der Waals surface area contributed by atoms with Gasteiger partial charge in [0.15, 0.2) is 0 Å². The van der Waals surface area contributed by atoms with Crippen molar-refractivity contribution in [3.8, 4) is 11.3 Å². The molecule has 6 nitrogen and oxygen atoms in total. The van der Waals surface area contributed by atoms with E-state index in [2.05, 4.69) is 20.0 Å². The molecule has 2 N–H and O–H groups in total. The highest BCUT2D eigenvalue weighted by atomic mass is 15.3. The fourth-order valence-corrected chi connectivity index (χ4v) is 2.58. The SMILES string of the molecule is Cn1cc(-c2ccnc(N3CCC(CN)CC3)n2)cn1. The summed E-state index contributed by atoms with van der Waals surface area (Å²) in [6, 6.07) is 1.92. The second-order valence-electron chi connectivity index (χ2n) is 5.31. The molecule has 3 rings (SSSR count). The Morgan fingerprint density at radius 2 is 2.15 bits per heavy atom. The summed E-state index contributed by atoms with van der Waals surface area (Å²) in [6.45, 7) is 2.75. The molecule has 1 aliphatic rings. The lowest BCUT2D eigenvalue weighted by atomic mass is 9.97. The van der Waals surface area contributed by atoms with Gasteiger partial charge in [-0.25, -0.2) is 9.97 Å². The van der Waals surface area contributed by atoms with Gasteiger partial charge in [0.1, 0.15) is 0 Å². The van der Waals surface area contributed by atoms with Crippen LogP contribution < -0.4 is 10.6 Å². The van der Waals surface area contributed by atoms with E-state index >= 15 is 0 Å². The van der Waals surface area contributed by atoms with Gasteiger partial charge < -0.3 is 10.6 Å². The number of aromatic nitrogens is 4.